The average Bonchev–Trinajstić information content (AvgIpc) is 2.97. The van der Waals surface area contributed by atoms with Gasteiger partial charge in [-0.05, 0) is 31.9 Å². The van der Waals surface area contributed by atoms with Crippen LogP contribution in [0.3, 0.4) is 0 Å². The van der Waals surface area contributed by atoms with Gasteiger partial charge >= 0.3 is 0 Å². The third kappa shape index (κ3) is 4.21. The fourth-order valence-corrected chi connectivity index (χ4v) is 4.74. The van der Waals surface area contributed by atoms with Gasteiger partial charge in [0, 0.05) is 25.4 Å². The molecule has 6 nitrogen and oxygen atoms in total. The van der Waals surface area contributed by atoms with Crippen LogP contribution >= 0.6 is 0 Å². The summed E-state index contributed by atoms with van der Waals surface area (Å²) >= 11 is 0. The minimum absolute atomic E-state index is 0.130. The molecular formula is C16H19F2N3O3S. The second-order valence-corrected chi connectivity index (χ2v) is 8.40. The zero-order valence-electron chi connectivity index (χ0n) is 13.7. The van der Waals surface area contributed by atoms with Gasteiger partial charge in [0.1, 0.15) is 23.7 Å². The van der Waals surface area contributed by atoms with Crippen LogP contribution < -0.4 is 4.74 Å². The van der Waals surface area contributed by atoms with E-state index in [1.165, 1.54) is 22.9 Å². The largest absolute Gasteiger partial charge is 0.490 e. The molecule has 1 saturated heterocycles. The molecule has 1 fully saturated rings. The van der Waals surface area contributed by atoms with Crippen molar-refractivity contribution in [3.8, 4) is 5.75 Å². The van der Waals surface area contributed by atoms with E-state index in [-0.39, 0.29) is 17.6 Å². The summed E-state index contributed by atoms with van der Waals surface area (Å²) in [5.74, 6) is -1.79. The molecule has 0 amide bonds. The number of rotatable bonds is 5. The van der Waals surface area contributed by atoms with Crippen LogP contribution in [0.4, 0.5) is 8.78 Å². The first kappa shape index (κ1) is 17.9. The highest BCUT2D eigenvalue weighted by Crippen LogP contribution is 2.24. The minimum Gasteiger partial charge on any atom is -0.490 e. The van der Waals surface area contributed by atoms with E-state index in [2.05, 4.69) is 9.98 Å². The van der Waals surface area contributed by atoms with Gasteiger partial charge in [-0.25, -0.2) is 26.5 Å². The van der Waals surface area contributed by atoms with Gasteiger partial charge in [0.05, 0.1) is 5.75 Å². The predicted molar refractivity (Wildman–Crippen MR) is 90.8 cm³/mol. The number of sulfonamides is 1. The van der Waals surface area contributed by atoms with Crippen molar-refractivity contribution >= 4 is 22.6 Å². The Balaban J connectivity index is 1.57. The van der Waals surface area contributed by atoms with E-state index in [1.54, 1.807) is 6.92 Å². The maximum absolute atomic E-state index is 13.2. The van der Waals surface area contributed by atoms with Crippen LogP contribution in [0.5, 0.6) is 5.75 Å². The zero-order valence-corrected chi connectivity index (χ0v) is 14.5. The van der Waals surface area contributed by atoms with Crippen molar-refractivity contribution in [2.24, 2.45) is 9.98 Å². The summed E-state index contributed by atoms with van der Waals surface area (Å²) in [6, 6.07) is 3.37. The first-order valence-electron chi connectivity index (χ1n) is 7.95. The molecule has 2 aliphatic heterocycles. The first-order chi connectivity index (χ1) is 11.8. The van der Waals surface area contributed by atoms with Gasteiger partial charge in [-0.15, -0.1) is 0 Å². The van der Waals surface area contributed by atoms with Crippen molar-refractivity contribution in [2.45, 2.75) is 31.4 Å². The number of aliphatic imine (C=N–C) groups is 2. The molecular weight excluding hydrogens is 352 g/mol. The average molecular weight is 371 g/mol. The lowest BCUT2D eigenvalue weighted by atomic mass is 10.1. The summed E-state index contributed by atoms with van der Waals surface area (Å²) in [7, 11) is -3.47. The fourth-order valence-electron chi connectivity index (χ4n) is 2.90. The first-order valence-corrected chi connectivity index (χ1v) is 9.56. The number of nitrogens with zero attached hydrogens (tertiary/aromatic N) is 3. The Kier molecular flexibility index (Phi) is 4.88. The molecule has 0 spiro atoms. The molecule has 3 rings (SSSR count). The Hall–Kier alpha value is -1.87. The van der Waals surface area contributed by atoms with Gasteiger partial charge < -0.3 is 4.74 Å². The zero-order chi connectivity index (χ0) is 18.1. The van der Waals surface area contributed by atoms with E-state index in [0.29, 0.717) is 25.9 Å². The second kappa shape index (κ2) is 6.80. The smallest absolute Gasteiger partial charge is 0.216 e. The predicted octanol–water partition coefficient (Wildman–Crippen LogP) is 2.01. The molecule has 0 radical (unpaired) electrons. The summed E-state index contributed by atoms with van der Waals surface area (Å²) in [4.78, 5) is 7.95. The van der Waals surface area contributed by atoms with E-state index >= 15 is 0 Å². The van der Waals surface area contributed by atoms with E-state index in [1.807, 2.05) is 0 Å². The number of hydrogen-bond acceptors (Lipinski definition) is 5. The molecule has 2 heterocycles. The van der Waals surface area contributed by atoms with Crippen LogP contribution in [-0.4, -0.2) is 55.8 Å². The molecule has 136 valence electrons. The molecule has 2 aliphatic rings. The van der Waals surface area contributed by atoms with Crippen LogP contribution in [0.25, 0.3) is 0 Å². The molecule has 0 bridgehead atoms. The number of ether oxygens (including phenoxy) is 1. The summed E-state index contributed by atoms with van der Waals surface area (Å²) in [5, 5.41) is 0. The van der Waals surface area contributed by atoms with Gasteiger partial charge in [0.25, 0.3) is 0 Å². The van der Waals surface area contributed by atoms with Gasteiger partial charge in [-0.2, -0.15) is 0 Å². The van der Waals surface area contributed by atoms with Crippen molar-refractivity contribution in [3.63, 3.8) is 0 Å². The van der Waals surface area contributed by atoms with Crippen molar-refractivity contribution in [3.05, 3.63) is 29.8 Å². The number of halogens is 2. The van der Waals surface area contributed by atoms with Crippen LogP contribution in [-0.2, 0) is 10.0 Å². The Morgan fingerprint density at radius 2 is 2.00 bits per heavy atom. The lowest BCUT2D eigenvalue weighted by Crippen LogP contribution is -2.46. The highest BCUT2D eigenvalue weighted by molar-refractivity contribution is 7.89. The van der Waals surface area contributed by atoms with E-state index in [9.17, 15) is 17.2 Å². The van der Waals surface area contributed by atoms with Gasteiger partial charge in [-0.3, -0.25) is 4.99 Å². The third-order valence-corrected chi connectivity index (χ3v) is 6.34. The molecule has 0 saturated carbocycles. The topological polar surface area (TPSA) is 71.3 Å². The highest BCUT2D eigenvalue weighted by Gasteiger charge is 2.36. The summed E-state index contributed by atoms with van der Waals surface area (Å²) in [6.45, 7) is 2.34. The van der Waals surface area contributed by atoms with Crippen LogP contribution in [0.15, 0.2) is 28.2 Å². The van der Waals surface area contributed by atoms with E-state index in [4.69, 9.17) is 4.74 Å². The number of piperidine rings is 1. The number of benzene rings is 1. The lowest BCUT2D eigenvalue weighted by Gasteiger charge is -2.32. The van der Waals surface area contributed by atoms with Gasteiger partial charge in [0.15, 0.2) is 11.6 Å². The van der Waals surface area contributed by atoms with Crippen molar-refractivity contribution in [1.29, 1.82) is 0 Å². The Labute approximate surface area is 145 Å². The lowest BCUT2D eigenvalue weighted by molar-refractivity contribution is 0.134. The van der Waals surface area contributed by atoms with Crippen molar-refractivity contribution in [2.75, 3.05) is 18.8 Å². The summed E-state index contributed by atoms with van der Waals surface area (Å²) in [5.41, 5.74) is -0.822. The molecule has 0 aromatic heterocycles. The maximum Gasteiger partial charge on any atom is 0.216 e. The quantitative estimate of drug-likeness (QED) is 0.795. The summed E-state index contributed by atoms with van der Waals surface area (Å²) in [6.07, 6.45) is 3.61. The molecule has 9 heteroatoms. The van der Waals surface area contributed by atoms with Crippen LogP contribution in [0, 0.1) is 11.6 Å². The van der Waals surface area contributed by atoms with Crippen LogP contribution in [0.2, 0.25) is 0 Å². The Morgan fingerprint density at radius 1 is 1.28 bits per heavy atom. The van der Waals surface area contributed by atoms with Gasteiger partial charge in [-0.1, -0.05) is 0 Å². The molecule has 0 aliphatic carbocycles. The Morgan fingerprint density at radius 3 is 2.60 bits per heavy atom. The van der Waals surface area contributed by atoms with E-state index in [0.717, 1.165) is 12.1 Å². The minimum atomic E-state index is -3.47. The van der Waals surface area contributed by atoms with Crippen molar-refractivity contribution in [1.82, 2.24) is 4.31 Å². The SMILES string of the molecule is C[C@@]1(CS(=O)(=O)N2CCC(Oc3ccc(F)c(F)c3)CC2)C=NC=N1. The van der Waals surface area contributed by atoms with E-state index < -0.39 is 27.2 Å². The third-order valence-electron chi connectivity index (χ3n) is 4.23. The molecule has 1 aromatic rings. The second-order valence-electron chi connectivity index (χ2n) is 6.43. The fraction of sp³-hybridized carbons (Fsp3) is 0.500. The molecule has 1 atom stereocenters. The van der Waals surface area contributed by atoms with Gasteiger partial charge in [0.2, 0.25) is 10.0 Å². The van der Waals surface area contributed by atoms with Crippen molar-refractivity contribution < 1.29 is 21.9 Å². The Bertz CT molecular complexity index is 791. The molecule has 1 aromatic carbocycles. The monoisotopic (exact) mass is 371 g/mol. The molecule has 0 unspecified atom stereocenters. The van der Waals surface area contributed by atoms with Crippen LogP contribution in [0.1, 0.15) is 19.8 Å². The summed E-state index contributed by atoms with van der Waals surface area (Å²) < 4.78 is 58.3. The molecule has 0 N–H and O–H groups in total. The normalized spacial score (nSPS) is 24.8. The standard InChI is InChI=1S/C16H19F2N3O3S/c1-16(9-19-11-20-16)10-25(22,23)21-6-4-12(5-7-21)24-13-2-3-14(17)15(18)8-13/h2-3,8-9,11-12H,4-7,10H2,1H3/t16-/m0/s1. The highest BCUT2D eigenvalue weighted by atomic mass is 32.2. The number of hydrogen-bond donors (Lipinski definition) is 0. The molecule has 25 heavy (non-hydrogen) atoms. The maximum atomic E-state index is 13.2.